The van der Waals surface area contributed by atoms with Gasteiger partial charge in [0.1, 0.15) is 17.7 Å². The maximum absolute atomic E-state index is 14.3. The van der Waals surface area contributed by atoms with Crippen LogP contribution in [0.2, 0.25) is 5.02 Å². The van der Waals surface area contributed by atoms with E-state index in [0.717, 1.165) is 30.0 Å². The largest absolute Gasteiger partial charge is 0.402 e. The molecule has 5 rings (SSSR count). The number of amidine groups is 1. The van der Waals surface area contributed by atoms with Crippen molar-refractivity contribution < 1.29 is 23.3 Å². The van der Waals surface area contributed by atoms with E-state index in [9.17, 15) is 14.0 Å². The molecule has 2 aromatic rings. The Morgan fingerprint density at radius 3 is 2.87 bits per heavy atom. The van der Waals surface area contributed by atoms with Gasteiger partial charge >= 0.3 is 12.0 Å². The zero-order valence-electron chi connectivity index (χ0n) is 17.2. The summed E-state index contributed by atoms with van der Waals surface area (Å²) in [5.74, 6) is -0.0542. The number of carbonyl (C=O) groups excluding carboxylic acids is 2. The second-order valence-corrected chi connectivity index (χ2v) is 8.47. The number of aryl methyl sites for hydroxylation is 1. The maximum Gasteiger partial charge on any atom is 0.402 e. The Labute approximate surface area is 183 Å². The van der Waals surface area contributed by atoms with Gasteiger partial charge in [-0.3, -0.25) is 14.6 Å². The lowest BCUT2D eigenvalue weighted by atomic mass is 10.1. The highest BCUT2D eigenvalue weighted by Gasteiger charge is 2.53. The summed E-state index contributed by atoms with van der Waals surface area (Å²) in [6, 6.07) is 2.93. The molecule has 0 aliphatic carbocycles. The zero-order chi connectivity index (χ0) is 21.9. The summed E-state index contributed by atoms with van der Waals surface area (Å²) in [6.07, 6.45) is 3.97. The lowest BCUT2D eigenvalue weighted by Gasteiger charge is -2.33. The highest BCUT2D eigenvalue weighted by atomic mass is 35.5. The second-order valence-electron chi connectivity index (χ2n) is 8.06. The van der Waals surface area contributed by atoms with Crippen LogP contribution in [-0.2, 0) is 22.6 Å². The molecule has 2 unspecified atom stereocenters. The van der Waals surface area contributed by atoms with Crippen LogP contribution in [0.25, 0.3) is 0 Å². The van der Waals surface area contributed by atoms with Crippen molar-refractivity contribution in [2.75, 3.05) is 13.7 Å². The number of aliphatic imine (C=N–C) groups is 1. The summed E-state index contributed by atoms with van der Waals surface area (Å²) in [4.78, 5) is 33.4. The lowest BCUT2D eigenvalue weighted by molar-refractivity contribution is -0.677. The molecule has 0 N–H and O–H groups in total. The fourth-order valence-corrected chi connectivity index (χ4v) is 4.66. The van der Waals surface area contributed by atoms with E-state index in [-0.39, 0.29) is 23.2 Å². The summed E-state index contributed by atoms with van der Waals surface area (Å²) >= 11 is 6.13. The number of fused-ring (bicyclic) bond motifs is 3. The standard InChI is InChI=1S/C21H22ClFN5O3/c1-12-9-27-17-18(24-20(27)26(12)10-13-5-4-8-31-13)25(2)21(30)28(19(17)29)11-14-15(22)6-3-7-16(14)23/h3,6-7,9,13,17H,4-5,8,10-11H2,1-2H3/q+1. The molecular formula is C21H22ClFN5O3+. The molecular weight excluding hydrogens is 425 g/mol. The van der Waals surface area contributed by atoms with E-state index in [2.05, 4.69) is 4.99 Å². The Hall–Kier alpha value is -2.78. The predicted octanol–water partition coefficient (Wildman–Crippen LogP) is 2.73. The van der Waals surface area contributed by atoms with E-state index >= 15 is 0 Å². The molecule has 31 heavy (non-hydrogen) atoms. The number of hydrogen-bond acceptors (Lipinski definition) is 4. The average molecular weight is 447 g/mol. The summed E-state index contributed by atoms with van der Waals surface area (Å²) in [5.41, 5.74) is 1.05. The van der Waals surface area contributed by atoms with E-state index in [0.29, 0.717) is 18.3 Å². The minimum Gasteiger partial charge on any atom is -0.375 e. The van der Waals surface area contributed by atoms with Gasteiger partial charge in [-0.25, -0.2) is 18.3 Å². The van der Waals surface area contributed by atoms with Gasteiger partial charge in [0, 0.05) is 24.2 Å². The van der Waals surface area contributed by atoms with Crippen LogP contribution in [-0.4, -0.2) is 51.9 Å². The number of aromatic nitrogens is 2. The van der Waals surface area contributed by atoms with Crippen LogP contribution in [0.15, 0.2) is 29.4 Å². The fourth-order valence-electron chi connectivity index (χ4n) is 4.44. The topological polar surface area (TPSA) is 71.0 Å². The number of nitrogens with zero attached hydrogens (tertiary/aromatic N) is 5. The molecule has 0 spiro atoms. The number of likely N-dealkylation sites (N-methyl/N-ethyl adjacent to an activating group) is 1. The third kappa shape index (κ3) is 3.14. The predicted molar refractivity (Wildman–Crippen MR) is 110 cm³/mol. The number of benzene rings is 1. The van der Waals surface area contributed by atoms with Crippen molar-refractivity contribution in [1.82, 2.24) is 14.4 Å². The van der Waals surface area contributed by atoms with Crippen LogP contribution in [0.4, 0.5) is 15.1 Å². The molecule has 0 saturated carbocycles. The van der Waals surface area contributed by atoms with Crippen molar-refractivity contribution >= 4 is 35.3 Å². The summed E-state index contributed by atoms with van der Waals surface area (Å²) in [5, 5.41) is 0.168. The molecule has 1 aromatic heterocycles. The van der Waals surface area contributed by atoms with Crippen molar-refractivity contribution in [3.63, 3.8) is 0 Å². The van der Waals surface area contributed by atoms with Gasteiger partial charge < -0.3 is 4.74 Å². The minimum atomic E-state index is -0.785. The quantitative estimate of drug-likeness (QED) is 0.678. The minimum absolute atomic E-state index is 0.105. The molecule has 0 radical (unpaired) electrons. The van der Waals surface area contributed by atoms with Gasteiger partial charge in [0.05, 0.1) is 19.2 Å². The fraction of sp³-hybridized carbons (Fsp3) is 0.429. The number of imidazole rings is 1. The molecule has 0 bridgehead atoms. The van der Waals surface area contributed by atoms with E-state index in [1.807, 2.05) is 17.7 Å². The van der Waals surface area contributed by atoms with Gasteiger partial charge in [-0.15, -0.1) is 0 Å². The Kier molecular flexibility index (Phi) is 4.82. The summed E-state index contributed by atoms with van der Waals surface area (Å²) in [6.45, 7) is 3.09. The molecule has 2 fully saturated rings. The van der Waals surface area contributed by atoms with Crippen LogP contribution in [0.3, 0.4) is 0 Å². The van der Waals surface area contributed by atoms with E-state index < -0.39 is 23.8 Å². The molecule has 2 atom stereocenters. The number of hydrogen-bond donors (Lipinski definition) is 0. The summed E-state index contributed by atoms with van der Waals surface area (Å²) < 4.78 is 23.9. The SMILES string of the molecule is Cc1c[n+]2c(n1CC1CCCO1)N=C1C2C(=O)N(Cc2c(F)cccc2Cl)C(=O)N1C. The van der Waals surface area contributed by atoms with Crippen LogP contribution >= 0.6 is 11.6 Å². The zero-order valence-corrected chi connectivity index (χ0v) is 18.0. The van der Waals surface area contributed by atoms with Crippen LogP contribution in [0, 0.1) is 12.7 Å². The number of ether oxygens (including phenoxy) is 1. The Morgan fingerprint density at radius 2 is 2.16 bits per heavy atom. The Balaban J connectivity index is 1.50. The van der Waals surface area contributed by atoms with Crippen LogP contribution in [0.1, 0.15) is 30.1 Å². The van der Waals surface area contributed by atoms with Crippen molar-refractivity contribution in [2.45, 2.75) is 45.0 Å². The number of amides is 3. The van der Waals surface area contributed by atoms with Gasteiger partial charge in [0.2, 0.25) is 11.9 Å². The highest BCUT2D eigenvalue weighted by Crippen LogP contribution is 2.32. The second kappa shape index (κ2) is 7.42. The van der Waals surface area contributed by atoms with Crippen molar-refractivity contribution in [2.24, 2.45) is 4.99 Å². The first-order valence-corrected chi connectivity index (χ1v) is 10.6. The molecule has 4 heterocycles. The molecule has 1 aromatic carbocycles. The van der Waals surface area contributed by atoms with E-state index in [1.54, 1.807) is 11.6 Å². The lowest BCUT2D eigenvalue weighted by Crippen LogP contribution is -2.62. The van der Waals surface area contributed by atoms with E-state index in [1.165, 1.54) is 23.1 Å². The first kappa shape index (κ1) is 20.1. The van der Waals surface area contributed by atoms with Gasteiger partial charge in [0.15, 0.2) is 0 Å². The van der Waals surface area contributed by atoms with Crippen molar-refractivity contribution in [3.05, 3.63) is 46.5 Å². The van der Waals surface area contributed by atoms with Gasteiger partial charge in [-0.05, 0) is 31.9 Å². The highest BCUT2D eigenvalue weighted by molar-refractivity contribution is 6.31. The van der Waals surface area contributed by atoms with E-state index in [4.69, 9.17) is 16.3 Å². The van der Waals surface area contributed by atoms with Crippen molar-refractivity contribution in [3.8, 4) is 0 Å². The third-order valence-corrected chi connectivity index (χ3v) is 6.46. The number of rotatable bonds is 4. The first-order chi connectivity index (χ1) is 14.9. The number of imide groups is 1. The van der Waals surface area contributed by atoms with Crippen LogP contribution < -0.4 is 4.57 Å². The molecule has 8 nitrogen and oxygen atoms in total. The molecule has 162 valence electrons. The first-order valence-electron chi connectivity index (χ1n) is 10.2. The molecule has 3 aliphatic rings. The van der Waals surface area contributed by atoms with Gasteiger partial charge in [-0.1, -0.05) is 22.7 Å². The molecule has 3 aliphatic heterocycles. The molecule has 2 saturated heterocycles. The van der Waals surface area contributed by atoms with Crippen LogP contribution in [0.5, 0.6) is 0 Å². The third-order valence-electron chi connectivity index (χ3n) is 6.11. The Morgan fingerprint density at radius 1 is 1.35 bits per heavy atom. The molecule has 10 heteroatoms. The number of carbonyl (C=O) groups is 2. The number of urea groups is 1. The van der Waals surface area contributed by atoms with Crippen molar-refractivity contribution in [1.29, 1.82) is 0 Å². The monoisotopic (exact) mass is 446 g/mol. The maximum atomic E-state index is 14.3. The summed E-state index contributed by atoms with van der Waals surface area (Å²) in [7, 11) is 1.57. The van der Waals surface area contributed by atoms with Gasteiger partial charge in [-0.2, -0.15) is 0 Å². The number of halogens is 2. The molecule has 3 amide bonds. The normalized spacial score (nSPS) is 22.8. The van der Waals surface area contributed by atoms with Gasteiger partial charge in [0.25, 0.3) is 5.91 Å². The smallest absolute Gasteiger partial charge is 0.375 e. The Bertz CT molecular complexity index is 1100. The average Bonchev–Trinajstić information content (AvgIpc) is 3.43.